The van der Waals surface area contributed by atoms with Crippen LogP contribution in [-0.2, 0) is 19.5 Å². The maximum Gasteiger partial charge on any atom is 0.244 e. The molecule has 2 unspecified atom stereocenters. The van der Waals surface area contributed by atoms with E-state index in [0.717, 1.165) is 0 Å². The first kappa shape index (κ1) is 15.2. The van der Waals surface area contributed by atoms with Gasteiger partial charge in [-0.15, -0.1) is 0 Å². The van der Waals surface area contributed by atoms with Crippen molar-refractivity contribution in [3.8, 4) is 0 Å². The summed E-state index contributed by atoms with van der Waals surface area (Å²) in [4.78, 5) is 4.20. The quantitative estimate of drug-likeness (QED) is 0.834. The van der Waals surface area contributed by atoms with Crippen molar-refractivity contribution in [3.05, 3.63) is 18.3 Å². The number of ether oxygens (including phenoxy) is 2. The van der Waals surface area contributed by atoms with E-state index in [-0.39, 0.29) is 30.2 Å². The first-order chi connectivity index (χ1) is 9.52. The number of rotatable bonds is 5. The molecule has 1 N–H and O–H groups in total. The number of nitrogens with one attached hydrogen (secondary N) is 1. The van der Waals surface area contributed by atoms with Crippen molar-refractivity contribution >= 4 is 15.8 Å². The molecular weight excluding hydrogens is 282 g/mol. The summed E-state index contributed by atoms with van der Waals surface area (Å²) in [5, 5.41) is 2.85. The molecule has 2 rings (SSSR count). The Bertz CT molecular complexity index is 534. The summed E-state index contributed by atoms with van der Waals surface area (Å²) in [5.74, 6) is 0.620. The van der Waals surface area contributed by atoms with E-state index < -0.39 is 10.0 Å². The minimum absolute atomic E-state index is 0.170. The number of sulfonamides is 1. The number of nitrogens with zero attached hydrogens (tertiary/aromatic N) is 2. The summed E-state index contributed by atoms with van der Waals surface area (Å²) in [6, 6.07) is 3.17. The second-order valence-electron chi connectivity index (χ2n) is 4.50. The molecule has 1 aromatic heterocycles. The Morgan fingerprint density at radius 3 is 2.25 bits per heavy atom. The molecule has 1 aliphatic rings. The van der Waals surface area contributed by atoms with Crippen LogP contribution in [0.5, 0.6) is 0 Å². The van der Waals surface area contributed by atoms with Crippen LogP contribution in [0, 0.1) is 0 Å². The number of aromatic nitrogens is 1. The molecule has 1 aromatic rings. The maximum absolute atomic E-state index is 12.5. The molecule has 1 aliphatic heterocycles. The van der Waals surface area contributed by atoms with E-state index in [1.807, 2.05) is 0 Å². The Kier molecular flexibility index (Phi) is 4.59. The number of hydrogen-bond donors (Lipinski definition) is 1. The minimum atomic E-state index is -3.57. The molecule has 2 heterocycles. The molecule has 0 aromatic carbocycles. The van der Waals surface area contributed by atoms with Crippen LogP contribution in [0.3, 0.4) is 0 Å². The lowest BCUT2D eigenvalue weighted by molar-refractivity contribution is -0.00461. The zero-order chi connectivity index (χ0) is 14.8. The zero-order valence-corrected chi connectivity index (χ0v) is 12.6. The second-order valence-corrected chi connectivity index (χ2v) is 6.44. The molecule has 7 nitrogen and oxygen atoms in total. The average Bonchev–Trinajstić information content (AvgIpc) is 2.91. The molecule has 0 radical (unpaired) electrons. The molecule has 20 heavy (non-hydrogen) atoms. The van der Waals surface area contributed by atoms with Crippen molar-refractivity contribution in [3.63, 3.8) is 0 Å². The molecule has 112 valence electrons. The Morgan fingerprint density at radius 2 is 1.85 bits per heavy atom. The molecule has 1 fully saturated rings. The summed E-state index contributed by atoms with van der Waals surface area (Å²) in [7, 11) is 1.26. The van der Waals surface area contributed by atoms with E-state index in [1.54, 1.807) is 27.3 Å². The van der Waals surface area contributed by atoms with Crippen molar-refractivity contribution in [2.24, 2.45) is 0 Å². The predicted molar refractivity (Wildman–Crippen MR) is 74.1 cm³/mol. The van der Waals surface area contributed by atoms with Crippen molar-refractivity contribution in [2.45, 2.75) is 17.1 Å². The highest BCUT2D eigenvalue weighted by molar-refractivity contribution is 7.89. The summed E-state index contributed by atoms with van der Waals surface area (Å²) in [6.45, 7) is 0.566. The van der Waals surface area contributed by atoms with Gasteiger partial charge in [-0.05, 0) is 12.1 Å². The Labute approximate surface area is 118 Å². The van der Waals surface area contributed by atoms with Gasteiger partial charge in [0.1, 0.15) is 10.7 Å². The summed E-state index contributed by atoms with van der Waals surface area (Å²) in [6.07, 6.45) is 0.849. The van der Waals surface area contributed by atoms with E-state index >= 15 is 0 Å². The van der Waals surface area contributed by atoms with Crippen LogP contribution in [0.4, 0.5) is 5.82 Å². The number of pyridine rings is 1. The molecule has 0 amide bonds. The van der Waals surface area contributed by atoms with Crippen LogP contribution in [0.15, 0.2) is 23.2 Å². The molecule has 0 aliphatic carbocycles. The van der Waals surface area contributed by atoms with Crippen molar-refractivity contribution in [1.29, 1.82) is 0 Å². The largest absolute Gasteiger partial charge is 0.377 e. The van der Waals surface area contributed by atoms with Gasteiger partial charge >= 0.3 is 0 Å². The lowest BCUT2D eigenvalue weighted by Gasteiger charge is -2.15. The van der Waals surface area contributed by atoms with Gasteiger partial charge in [0.2, 0.25) is 10.0 Å². The first-order valence-electron chi connectivity index (χ1n) is 6.22. The lowest BCUT2D eigenvalue weighted by Crippen LogP contribution is -2.30. The maximum atomic E-state index is 12.5. The highest BCUT2D eigenvalue weighted by Gasteiger charge is 2.39. The average molecular weight is 301 g/mol. The van der Waals surface area contributed by atoms with Gasteiger partial charge in [-0.3, -0.25) is 0 Å². The van der Waals surface area contributed by atoms with Gasteiger partial charge in [-0.25, -0.2) is 13.4 Å². The van der Waals surface area contributed by atoms with Gasteiger partial charge in [-0.2, -0.15) is 4.31 Å². The van der Waals surface area contributed by atoms with Gasteiger partial charge in [0, 0.05) is 40.6 Å². The SMILES string of the molecule is CNc1ccc(S(=O)(=O)N2CC(OC)C(OC)C2)cn1. The lowest BCUT2D eigenvalue weighted by atomic mass is 10.3. The highest BCUT2D eigenvalue weighted by atomic mass is 32.2. The fraction of sp³-hybridized carbons (Fsp3) is 0.583. The van der Waals surface area contributed by atoms with Crippen LogP contribution in [0.2, 0.25) is 0 Å². The van der Waals surface area contributed by atoms with E-state index in [1.165, 1.54) is 16.6 Å². The minimum Gasteiger partial charge on any atom is -0.377 e. The summed E-state index contributed by atoms with van der Waals surface area (Å²) < 4.78 is 36.9. The number of anilines is 1. The fourth-order valence-corrected chi connectivity index (χ4v) is 3.60. The van der Waals surface area contributed by atoms with Crippen molar-refractivity contribution in [1.82, 2.24) is 9.29 Å². The van der Waals surface area contributed by atoms with Crippen molar-refractivity contribution in [2.75, 3.05) is 39.7 Å². The third kappa shape index (κ3) is 2.78. The molecule has 0 spiro atoms. The van der Waals surface area contributed by atoms with Crippen LogP contribution in [0.1, 0.15) is 0 Å². The molecule has 8 heteroatoms. The third-order valence-electron chi connectivity index (χ3n) is 3.42. The third-order valence-corrected chi connectivity index (χ3v) is 5.23. The Balaban J connectivity index is 2.22. The van der Waals surface area contributed by atoms with Crippen LogP contribution in [0.25, 0.3) is 0 Å². The molecule has 2 atom stereocenters. The highest BCUT2D eigenvalue weighted by Crippen LogP contribution is 2.24. The van der Waals surface area contributed by atoms with E-state index in [2.05, 4.69) is 10.3 Å². The van der Waals surface area contributed by atoms with Gasteiger partial charge in [0.15, 0.2) is 0 Å². The summed E-state index contributed by atoms with van der Waals surface area (Å²) in [5.41, 5.74) is 0. The predicted octanol–water partition coefficient (Wildman–Crippen LogP) is 0.158. The smallest absolute Gasteiger partial charge is 0.244 e. The van der Waals surface area contributed by atoms with Gasteiger partial charge in [0.05, 0.1) is 12.2 Å². The van der Waals surface area contributed by atoms with Crippen LogP contribution >= 0.6 is 0 Å². The number of methoxy groups -OCH3 is 2. The Hall–Kier alpha value is -1.22. The summed E-state index contributed by atoms with van der Waals surface area (Å²) >= 11 is 0. The molecular formula is C12H19N3O4S. The van der Waals surface area contributed by atoms with Gasteiger partial charge in [-0.1, -0.05) is 0 Å². The first-order valence-corrected chi connectivity index (χ1v) is 7.66. The second kappa shape index (κ2) is 6.04. The van der Waals surface area contributed by atoms with Gasteiger partial charge < -0.3 is 14.8 Å². The van der Waals surface area contributed by atoms with Crippen LogP contribution in [-0.4, -0.2) is 64.3 Å². The standard InChI is InChI=1S/C12H19N3O4S/c1-13-12-5-4-9(6-14-12)20(16,17)15-7-10(18-2)11(8-15)19-3/h4-6,10-11H,7-8H2,1-3H3,(H,13,14). The monoisotopic (exact) mass is 301 g/mol. The Morgan fingerprint density at radius 1 is 1.25 bits per heavy atom. The van der Waals surface area contributed by atoms with Crippen LogP contribution < -0.4 is 5.32 Å². The fourth-order valence-electron chi connectivity index (χ4n) is 2.19. The van der Waals surface area contributed by atoms with E-state index in [9.17, 15) is 8.42 Å². The van der Waals surface area contributed by atoms with E-state index in [4.69, 9.17) is 9.47 Å². The zero-order valence-electron chi connectivity index (χ0n) is 11.7. The number of hydrogen-bond acceptors (Lipinski definition) is 6. The normalized spacial score (nSPS) is 23.9. The van der Waals surface area contributed by atoms with E-state index in [0.29, 0.717) is 5.82 Å². The topological polar surface area (TPSA) is 80.8 Å². The molecule has 0 saturated carbocycles. The molecule has 1 saturated heterocycles. The van der Waals surface area contributed by atoms with Crippen molar-refractivity contribution < 1.29 is 17.9 Å². The van der Waals surface area contributed by atoms with Gasteiger partial charge in [0.25, 0.3) is 0 Å². The molecule has 0 bridgehead atoms.